The first-order valence-corrected chi connectivity index (χ1v) is 4.24. The van der Waals surface area contributed by atoms with Crippen LogP contribution in [0.3, 0.4) is 0 Å². The van der Waals surface area contributed by atoms with E-state index in [1.165, 1.54) is 5.56 Å². The van der Waals surface area contributed by atoms with Gasteiger partial charge in [-0.2, -0.15) is 0 Å². The molecule has 1 aromatic rings. The van der Waals surface area contributed by atoms with Gasteiger partial charge in [-0.1, -0.05) is 37.3 Å². The van der Waals surface area contributed by atoms with Crippen molar-refractivity contribution in [2.75, 3.05) is 6.61 Å². The average Bonchev–Trinajstić information content (AvgIpc) is 2.05. The third-order valence-corrected chi connectivity index (χ3v) is 1.51. The van der Waals surface area contributed by atoms with E-state index in [0.717, 1.165) is 6.61 Å². The van der Waals surface area contributed by atoms with Crippen molar-refractivity contribution >= 4 is 0 Å². The predicted octanol–water partition coefficient (Wildman–Crippen LogP) is 2.67. The Kier molecular flexibility index (Phi) is 3.81. The Labute approximate surface area is 74.4 Å². The minimum Gasteiger partial charge on any atom is -0.376 e. The Hall–Kier alpha value is -0.820. The molecule has 1 atom stereocenters. The van der Waals surface area contributed by atoms with E-state index in [-0.39, 0.29) is 0 Å². The van der Waals surface area contributed by atoms with Gasteiger partial charge in [0.15, 0.2) is 0 Å². The molecule has 0 saturated carbocycles. The lowest BCUT2D eigenvalue weighted by Gasteiger charge is -2.05. The first kappa shape index (κ1) is 9.27. The number of ether oxygens (including phenoxy) is 1. The van der Waals surface area contributed by atoms with Crippen LogP contribution in [-0.4, -0.2) is 6.61 Å². The van der Waals surface area contributed by atoms with Gasteiger partial charge in [0.05, 0.1) is 6.61 Å². The van der Waals surface area contributed by atoms with E-state index in [2.05, 4.69) is 19.1 Å². The zero-order valence-electron chi connectivity index (χ0n) is 7.49. The number of rotatable bonds is 4. The third-order valence-electron chi connectivity index (χ3n) is 1.51. The first-order chi connectivity index (χ1) is 5.79. The molecule has 1 heteroatoms. The smallest absolute Gasteiger partial charge is 0.0717 e. The summed E-state index contributed by atoms with van der Waals surface area (Å²) >= 11 is 0. The van der Waals surface area contributed by atoms with Crippen molar-refractivity contribution in [3.8, 4) is 0 Å². The highest BCUT2D eigenvalue weighted by atomic mass is 16.5. The van der Waals surface area contributed by atoms with Gasteiger partial charge in [0.2, 0.25) is 0 Å². The highest BCUT2D eigenvalue weighted by Gasteiger charge is 1.94. The van der Waals surface area contributed by atoms with Crippen LogP contribution in [0.5, 0.6) is 0 Å². The molecule has 65 valence electrons. The van der Waals surface area contributed by atoms with Crippen LogP contribution in [0.1, 0.15) is 12.5 Å². The zero-order valence-corrected chi connectivity index (χ0v) is 7.49. The van der Waals surface area contributed by atoms with E-state index in [9.17, 15) is 0 Å². The average molecular weight is 163 g/mol. The van der Waals surface area contributed by atoms with Crippen molar-refractivity contribution in [1.82, 2.24) is 0 Å². The second kappa shape index (κ2) is 4.94. The molecule has 0 bridgehead atoms. The van der Waals surface area contributed by atoms with Gasteiger partial charge in [0, 0.05) is 6.61 Å². The molecule has 1 unspecified atom stereocenters. The van der Waals surface area contributed by atoms with Crippen LogP contribution in [0.2, 0.25) is 0 Å². The topological polar surface area (TPSA) is 9.23 Å². The van der Waals surface area contributed by atoms with E-state index in [1.807, 2.05) is 25.1 Å². The van der Waals surface area contributed by atoms with Gasteiger partial charge in [-0.15, -0.1) is 0 Å². The van der Waals surface area contributed by atoms with Gasteiger partial charge in [-0.3, -0.25) is 0 Å². The van der Waals surface area contributed by atoms with Crippen LogP contribution < -0.4 is 0 Å². The van der Waals surface area contributed by atoms with E-state index in [4.69, 9.17) is 4.74 Å². The molecular formula is C11H15O. The van der Waals surface area contributed by atoms with Crippen LogP contribution in [0.25, 0.3) is 0 Å². The lowest BCUT2D eigenvalue weighted by atomic mass is 10.2. The van der Waals surface area contributed by atoms with Gasteiger partial charge in [0.1, 0.15) is 0 Å². The fourth-order valence-electron chi connectivity index (χ4n) is 0.952. The number of benzene rings is 1. The molecule has 0 N–H and O–H groups in total. The Morgan fingerprint density at radius 3 is 2.58 bits per heavy atom. The molecule has 0 aliphatic heterocycles. The number of hydrogen-bond donors (Lipinski definition) is 0. The van der Waals surface area contributed by atoms with Gasteiger partial charge in [-0.25, -0.2) is 0 Å². The van der Waals surface area contributed by atoms with E-state index >= 15 is 0 Å². The summed E-state index contributed by atoms with van der Waals surface area (Å²) < 4.78 is 5.42. The van der Waals surface area contributed by atoms with Crippen molar-refractivity contribution < 1.29 is 4.74 Å². The van der Waals surface area contributed by atoms with Crippen molar-refractivity contribution in [1.29, 1.82) is 0 Å². The van der Waals surface area contributed by atoms with Gasteiger partial charge < -0.3 is 4.74 Å². The summed E-state index contributed by atoms with van der Waals surface area (Å²) in [5.41, 5.74) is 1.22. The van der Waals surface area contributed by atoms with Crippen LogP contribution in [0, 0.1) is 12.8 Å². The summed E-state index contributed by atoms with van der Waals surface area (Å²) in [5, 5.41) is 0. The van der Waals surface area contributed by atoms with Crippen LogP contribution in [0.4, 0.5) is 0 Å². The SMILES string of the molecule is [CH2]C(C)COCc1ccccc1. The van der Waals surface area contributed by atoms with Crippen molar-refractivity contribution in [3.63, 3.8) is 0 Å². The van der Waals surface area contributed by atoms with Crippen molar-refractivity contribution in [2.24, 2.45) is 5.92 Å². The summed E-state index contributed by atoms with van der Waals surface area (Å²) in [5.74, 6) is 0.369. The molecule has 0 heterocycles. The van der Waals surface area contributed by atoms with Gasteiger partial charge in [-0.05, 0) is 18.4 Å². The lowest BCUT2D eigenvalue weighted by molar-refractivity contribution is 0.103. The molecule has 0 amide bonds. The highest BCUT2D eigenvalue weighted by Crippen LogP contribution is 2.01. The second-order valence-electron chi connectivity index (χ2n) is 3.11. The molecule has 1 nitrogen and oxygen atoms in total. The molecule has 1 rings (SSSR count). The third kappa shape index (κ3) is 3.54. The Bertz CT molecular complexity index is 204. The van der Waals surface area contributed by atoms with Crippen molar-refractivity contribution in [3.05, 3.63) is 42.8 Å². The molecule has 0 aliphatic rings. The minimum absolute atomic E-state index is 0.369. The van der Waals surface area contributed by atoms with Gasteiger partial charge >= 0.3 is 0 Å². The van der Waals surface area contributed by atoms with E-state index in [1.54, 1.807) is 0 Å². The maximum absolute atomic E-state index is 5.42. The molecule has 1 radical (unpaired) electrons. The molecule has 1 aromatic carbocycles. The Balaban J connectivity index is 2.25. The number of hydrogen-bond acceptors (Lipinski definition) is 1. The second-order valence-corrected chi connectivity index (χ2v) is 3.11. The standard InChI is InChI=1S/C11H15O/c1-10(2)8-12-9-11-6-4-3-5-7-11/h3-7,10H,1,8-9H2,2H3. The molecular weight excluding hydrogens is 148 g/mol. The maximum atomic E-state index is 5.42. The Morgan fingerprint density at radius 2 is 2.00 bits per heavy atom. The largest absolute Gasteiger partial charge is 0.376 e. The Morgan fingerprint density at radius 1 is 1.33 bits per heavy atom. The predicted molar refractivity (Wildman–Crippen MR) is 50.6 cm³/mol. The molecule has 12 heavy (non-hydrogen) atoms. The molecule has 0 aliphatic carbocycles. The minimum atomic E-state index is 0.369. The van der Waals surface area contributed by atoms with Crippen molar-refractivity contribution in [2.45, 2.75) is 13.5 Å². The van der Waals surface area contributed by atoms with Gasteiger partial charge in [0.25, 0.3) is 0 Å². The maximum Gasteiger partial charge on any atom is 0.0717 e. The molecule has 0 spiro atoms. The summed E-state index contributed by atoms with van der Waals surface area (Å²) in [6.07, 6.45) is 0. The fourth-order valence-corrected chi connectivity index (χ4v) is 0.952. The fraction of sp³-hybridized carbons (Fsp3) is 0.364. The summed E-state index contributed by atoms with van der Waals surface area (Å²) in [7, 11) is 0. The monoisotopic (exact) mass is 163 g/mol. The van der Waals surface area contributed by atoms with Crippen LogP contribution in [-0.2, 0) is 11.3 Å². The molecule has 0 saturated heterocycles. The quantitative estimate of drug-likeness (QED) is 0.663. The van der Waals surface area contributed by atoms with Crippen LogP contribution >= 0.6 is 0 Å². The first-order valence-electron chi connectivity index (χ1n) is 4.24. The normalized spacial score (nSPS) is 10.6. The lowest BCUT2D eigenvalue weighted by Crippen LogP contribution is -2.01. The summed E-state index contributed by atoms with van der Waals surface area (Å²) in [6.45, 7) is 7.32. The molecule has 0 fully saturated rings. The van der Waals surface area contributed by atoms with E-state index < -0.39 is 0 Å². The van der Waals surface area contributed by atoms with E-state index in [0.29, 0.717) is 12.5 Å². The summed E-state index contributed by atoms with van der Waals surface area (Å²) in [4.78, 5) is 0. The molecule has 0 aromatic heterocycles. The highest BCUT2D eigenvalue weighted by molar-refractivity contribution is 5.13. The summed E-state index contributed by atoms with van der Waals surface area (Å²) in [6, 6.07) is 10.2. The zero-order chi connectivity index (χ0) is 8.81. The van der Waals surface area contributed by atoms with Crippen LogP contribution in [0.15, 0.2) is 30.3 Å².